The van der Waals surface area contributed by atoms with E-state index in [1.807, 2.05) is 18.7 Å². The fourth-order valence-electron chi connectivity index (χ4n) is 5.48. The van der Waals surface area contributed by atoms with Crippen molar-refractivity contribution in [1.29, 1.82) is 0 Å². The minimum Gasteiger partial charge on any atom is -0.352 e. The number of anilines is 1. The highest BCUT2D eigenvalue weighted by molar-refractivity contribution is 7.99. The Morgan fingerprint density at radius 2 is 1.86 bits per heavy atom. The average molecular weight is 527 g/mol. The zero-order valence-corrected chi connectivity index (χ0v) is 21.0. The lowest BCUT2D eigenvalue weighted by Crippen LogP contribution is -2.58. The first-order valence-electron chi connectivity index (χ1n) is 11.7. The summed E-state index contributed by atoms with van der Waals surface area (Å²) < 4.78 is 43.6. The van der Waals surface area contributed by atoms with E-state index in [4.69, 9.17) is 11.6 Å². The van der Waals surface area contributed by atoms with E-state index in [0.717, 1.165) is 18.9 Å². The number of benzene rings is 1. The number of thioether (sulfide) groups is 1. The van der Waals surface area contributed by atoms with Gasteiger partial charge in [-0.05, 0) is 50.7 Å². The minimum atomic E-state index is -4.65. The van der Waals surface area contributed by atoms with E-state index in [1.165, 1.54) is 22.4 Å². The molecule has 1 saturated heterocycles. The number of hydrogen-bond donors (Lipinski definition) is 0. The van der Waals surface area contributed by atoms with E-state index in [1.54, 1.807) is 4.90 Å². The second-order valence-corrected chi connectivity index (χ2v) is 11.2. The summed E-state index contributed by atoms with van der Waals surface area (Å²) in [7, 11) is 0. The first-order valence-corrected chi connectivity index (χ1v) is 13.0. The van der Waals surface area contributed by atoms with Gasteiger partial charge in [-0.3, -0.25) is 9.36 Å². The van der Waals surface area contributed by atoms with E-state index in [-0.39, 0.29) is 40.1 Å². The zero-order chi connectivity index (χ0) is 25.2. The van der Waals surface area contributed by atoms with E-state index < -0.39 is 17.4 Å². The molecule has 3 aliphatic rings. The monoisotopic (exact) mass is 526 g/mol. The number of piperazine rings is 1. The highest BCUT2D eigenvalue weighted by Gasteiger charge is 2.40. The summed E-state index contributed by atoms with van der Waals surface area (Å²) in [5.74, 6) is 1.25. The van der Waals surface area contributed by atoms with Gasteiger partial charge in [0.1, 0.15) is 5.82 Å². The van der Waals surface area contributed by atoms with Crippen LogP contribution in [0.2, 0.25) is 5.02 Å². The van der Waals surface area contributed by atoms with Gasteiger partial charge in [-0.15, -0.1) is 11.8 Å². The smallest absolute Gasteiger partial charge is 0.352 e. The van der Waals surface area contributed by atoms with Crippen LogP contribution < -0.4 is 10.6 Å². The lowest BCUT2D eigenvalue weighted by Gasteiger charge is -2.44. The summed E-state index contributed by atoms with van der Waals surface area (Å²) >= 11 is 7.66. The highest BCUT2D eigenvalue weighted by atomic mass is 35.5. The van der Waals surface area contributed by atoms with Crippen LogP contribution in [0.1, 0.15) is 32.3 Å². The molecule has 11 heteroatoms. The first kappa shape index (κ1) is 24.5. The standard InChI is InChI=1S/C24H26ClF3N4O2S/c1-4-18(33)32-12(2)8-30(9-13(32)3)22-16-7-17(24(26,27)28)19(25)21-20(16)31(23(34)29-22)10-15(11-35-21)14-5-6-14/h4,7,12-15H,1,5-6,8-11H2,2-3H3/t12-,13+,15-/m1/s1. The molecule has 35 heavy (non-hydrogen) atoms. The van der Waals surface area contributed by atoms with E-state index in [0.29, 0.717) is 41.7 Å². The normalized spacial score (nSPS) is 25.0. The number of rotatable bonds is 3. The second-order valence-electron chi connectivity index (χ2n) is 9.75. The molecule has 0 unspecified atom stereocenters. The van der Waals surface area contributed by atoms with Gasteiger partial charge in [0.2, 0.25) is 5.91 Å². The maximum absolute atomic E-state index is 14.0. The van der Waals surface area contributed by atoms with Crippen molar-refractivity contribution in [2.24, 2.45) is 11.8 Å². The summed E-state index contributed by atoms with van der Waals surface area (Å²) in [6, 6.07) is 0.539. The molecule has 0 bridgehead atoms. The molecule has 1 saturated carbocycles. The van der Waals surface area contributed by atoms with Crippen LogP contribution in [0.15, 0.2) is 28.4 Å². The van der Waals surface area contributed by atoms with Gasteiger partial charge in [0.25, 0.3) is 0 Å². The van der Waals surface area contributed by atoms with Crippen molar-refractivity contribution in [1.82, 2.24) is 14.5 Å². The molecule has 1 amide bonds. The maximum atomic E-state index is 14.0. The maximum Gasteiger partial charge on any atom is 0.417 e. The molecule has 0 spiro atoms. The van der Waals surface area contributed by atoms with Crippen LogP contribution in [0, 0.1) is 11.8 Å². The Bertz CT molecular complexity index is 1260. The van der Waals surface area contributed by atoms with Crippen molar-refractivity contribution in [3.05, 3.63) is 39.8 Å². The Labute approximate surface area is 210 Å². The van der Waals surface area contributed by atoms with E-state index >= 15 is 0 Å². The number of carbonyl (C=O) groups excluding carboxylic acids is 1. The first-order chi connectivity index (χ1) is 16.5. The topological polar surface area (TPSA) is 58.4 Å². The molecule has 1 aromatic heterocycles. The van der Waals surface area contributed by atoms with E-state index in [9.17, 15) is 22.8 Å². The van der Waals surface area contributed by atoms with Gasteiger partial charge < -0.3 is 9.80 Å². The predicted molar refractivity (Wildman–Crippen MR) is 131 cm³/mol. The average Bonchev–Trinajstić information content (AvgIpc) is 3.62. The molecule has 2 fully saturated rings. The lowest BCUT2D eigenvalue weighted by molar-refractivity contribution is -0.137. The van der Waals surface area contributed by atoms with Gasteiger partial charge in [-0.25, -0.2) is 4.79 Å². The highest BCUT2D eigenvalue weighted by Crippen LogP contribution is 2.49. The molecule has 2 aliphatic heterocycles. The molecule has 188 valence electrons. The number of alkyl halides is 3. The van der Waals surface area contributed by atoms with Gasteiger partial charge in [-0.1, -0.05) is 18.2 Å². The van der Waals surface area contributed by atoms with Gasteiger partial charge in [0.05, 0.1) is 21.0 Å². The molecule has 5 rings (SSSR count). The van der Waals surface area contributed by atoms with Crippen molar-refractivity contribution in [3.63, 3.8) is 0 Å². The molecule has 0 N–H and O–H groups in total. The van der Waals surface area contributed by atoms with Crippen molar-refractivity contribution in [2.75, 3.05) is 23.7 Å². The molecule has 0 radical (unpaired) electrons. The largest absolute Gasteiger partial charge is 0.417 e. The Balaban J connectivity index is 1.70. The molecule has 3 atom stereocenters. The Kier molecular flexibility index (Phi) is 6.11. The van der Waals surface area contributed by atoms with Gasteiger partial charge >= 0.3 is 11.9 Å². The van der Waals surface area contributed by atoms with Gasteiger partial charge in [0.15, 0.2) is 0 Å². The molecular weight excluding hydrogens is 501 g/mol. The predicted octanol–water partition coefficient (Wildman–Crippen LogP) is 4.81. The molecule has 3 heterocycles. The van der Waals surface area contributed by atoms with Crippen LogP contribution in [0.3, 0.4) is 0 Å². The second kappa shape index (κ2) is 8.73. The van der Waals surface area contributed by atoms with E-state index in [2.05, 4.69) is 11.6 Å². The van der Waals surface area contributed by atoms with Crippen LogP contribution >= 0.6 is 23.4 Å². The number of hydrogen-bond acceptors (Lipinski definition) is 5. The number of halogens is 4. The molecular formula is C24H26ClF3N4O2S. The Morgan fingerprint density at radius 3 is 2.43 bits per heavy atom. The van der Waals surface area contributed by atoms with Crippen LogP contribution in [-0.4, -0.2) is 51.3 Å². The molecule has 6 nitrogen and oxygen atoms in total. The summed E-state index contributed by atoms with van der Waals surface area (Å²) in [4.78, 5) is 33.8. The van der Waals surface area contributed by atoms with Crippen molar-refractivity contribution in [3.8, 4) is 0 Å². The third-order valence-corrected chi connectivity index (χ3v) is 9.02. The van der Waals surface area contributed by atoms with Gasteiger partial charge in [0, 0.05) is 42.9 Å². The number of carbonyl (C=O) groups is 1. The Hall–Kier alpha value is -2.20. The zero-order valence-electron chi connectivity index (χ0n) is 19.4. The van der Waals surface area contributed by atoms with Crippen LogP contribution in [0.5, 0.6) is 0 Å². The lowest BCUT2D eigenvalue weighted by atomic mass is 10.0. The summed E-state index contributed by atoms with van der Waals surface area (Å²) in [6.45, 7) is 8.36. The summed E-state index contributed by atoms with van der Waals surface area (Å²) in [5.41, 5.74) is -0.979. The fourth-order valence-corrected chi connectivity index (χ4v) is 7.25. The minimum absolute atomic E-state index is 0.180. The Morgan fingerprint density at radius 1 is 1.20 bits per heavy atom. The molecule has 2 aromatic rings. The summed E-state index contributed by atoms with van der Waals surface area (Å²) in [5, 5.41) is -0.0944. The quantitative estimate of drug-likeness (QED) is 0.537. The third-order valence-electron chi connectivity index (χ3n) is 7.24. The third kappa shape index (κ3) is 4.22. The van der Waals surface area contributed by atoms with Crippen molar-refractivity contribution < 1.29 is 18.0 Å². The number of aromatic nitrogens is 2. The molecule has 1 aromatic carbocycles. The summed E-state index contributed by atoms with van der Waals surface area (Å²) in [6.07, 6.45) is -1.27. The molecule has 1 aliphatic carbocycles. The van der Waals surface area contributed by atoms with Crippen LogP contribution in [-0.2, 0) is 17.5 Å². The van der Waals surface area contributed by atoms with Crippen molar-refractivity contribution >= 4 is 46.0 Å². The van der Waals surface area contributed by atoms with Crippen LogP contribution in [0.4, 0.5) is 19.0 Å². The number of amides is 1. The number of nitrogens with zero attached hydrogens (tertiary/aromatic N) is 4. The van der Waals surface area contributed by atoms with Crippen molar-refractivity contribution in [2.45, 2.75) is 56.4 Å². The SMILES string of the molecule is C=CC(=O)N1[C@H](C)CN(c2nc(=O)n3c4c(c(Cl)c(C(F)(F)F)cc24)SC[C@H](C2CC2)C3)C[C@@H]1C. The van der Waals surface area contributed by atoms with Crippen LogP contribution in [0.25, 0.3) is 10.9 Å². The van der Waals surface area contributed by atoms with Gasteiger partial charge in [-0.2, -0.15) is 18.2 Å². The fraction of sp³-hybridized carbons (Fsp3) is 0.542.